The van der Waals surface area contributed by atoms with Gasteiger partial charge in [-0.05, 0) is 178 Å². The van der Waals surface area contributed by atoms with Crippen molar-refractivity contribution in [3.05, 3.63) is 240 Å². The van der Waals surface area contributed by atoms with E-state index in [1.54, 1.807) is 24.3 Å². The van der Waals surface area contributed by atoms with Crippen molar-refractivity contribution >= 4 is 90.6 Å². The van der Waals surface area contributed by atoms with Crippen LogP contribution in [0.1, 0.15) is 186 Å². The Morgan fingerprint density at radius 3 is 0.727 bits per heavy atom. The van der Waals surface area contributed by atoms with Gasteiger partial charge in [-0.15, -0.1) is 0 Å². The Kier molecular flexibility index (Phi) is 20.2. The predicted octanol–water partition coefficient (Wildman–Crippen LogP) is 21.0. The molecule has 0 aliphatic carbocycles. The molecule has 0 fully saturated rings. The van der Waals surface area contributed by atoms with E-state index in [0.717, 1.165) is 44.2 Å². The van der Waals surface area contributed by atoms with Crippen LogP contribution in [0.5, 0.6) is 69.0 Å². The highest BCUT2D eigenvalue weighted by Gasteiger charge is 2.47. The van der Waals surface area contributed by atoms with Crippen LogP contribution in [0.3, 0.4) is 0 Å². The minimum absolute atomic E-state index is 0.0329. The highest BCUT2D eigenvalue weighted by molar-refractivity contribution is 6.45. The summed E-state index contributed by atoms with van der Waals surface area (Å²) < 4.78 is 51.9. The second-order valence-corrected chi connectivity index (χ2v) is 31.8. The molecule has 110 heavy (non-hydrogen) atoms. The van der Waals surface area contributed by atoms with Gasteiger partial charge in [0.1, 0.15) is 81.1 Å². The molecule has 0 aromatic heterocycles. The maximum absolute atomic E-state index is 16.4. The topological polar surface area (TPSA) is 217 Å². The maximum Gasteiger partial charge on any atom is 0.335 e. The van der Waals surface area contributed by atoms with Crippen LogP contribution in [-0.2, 0) is 40.8 Å². The molecule has 560 valence electrons. The first-order valence-corrected chi connectivity index (χ1v) is 36.7. The quantitative estimate of drug-likeness (QED) is 0.0154. The molecule has 18 nitrogen and oxygen atoms in total. The molecule has 0 N–H and O–H groups in total. The smallest absolute Gasteiger partial charge is 0.335 e. The number of hydrogen-bond acceptors (Lipinski definition) is 16. The van der Waals surface area contributed by atoms with Crippen molar-refractivity contribution < 1.29 is 76.3 Å². The third-order valence-corrected chi connectivity index (χ3v) is 19.9. The lowest BCUT2D eigenvalue weighted by Crippen LogP contribution is -2.51. The summed E-state index contributed by atoms with van der Waals surface area (Å²) in [6.07, 6.45) is 2.55. The Balaban J connectivity index is 1.15. The zero-order valence-electron chi connectivity index (χ0n) is 64.1. The van der Waals surface area contributed by atoms with Crippen LogP contribution in [0, 0.1) is 0 Å². The summed E-state index contributed by atoms with van der Waals surface area (Å²) in [5, 5.41) is 1.71. The summed E-state index contributed by atoms with van der Waals surface area (Å²) in [6.45, 7) is 35.6. The first kappa shape index (κ1) is 75.8. The highest BCUT2D eigenvalue weighted by atomic mass is 16.6. The number of amides is 4. The van der Waals surface area contributed by atoms with E-state index >= 15 is 28.8 Å². The van der Waals surface area contributed by atoms with Crippen LogP contribution in [-0.4, -0.2) is 69.4 Å². The SMILES string of the molecule is C=CC(=O)Oc1ccc(OC(=O)C(CCC)N2C(=O)c3cc(Oc4ccc(C(C)(C)C)cc4)c4c5c(Oc6ccc(C(C)(C)C)cc6)cc6c7c(cc(Oc8ccc(C(C)(C)C)cc8)c(c8c(Oc9ccc(C(C)(C)C)cc9)cc(c3c48)C2=O)c75)C(=O)N(C(CCC)C(=O)Oc2ccc(OC(=O)C=C)cc2)C6=O)cc1. The number of rotatable bonds is 22. The average Bonchev–Trinajstić information content (AvgIpc) is 0.670. The van der Waals surface area contributed by atoms with Crippen LogP contribution in [0.15, 0.2) is 195 Å². The van der Waals surface area contributed by atoms with Crippen molar-refractivity contribution in [2.45, 2.75) is 156 Å². The van der Waals surface area contributed by atoms with E-state index in [1.165, 1.54) is 48.5 Å². The van der Waals surface area contributed by atoms with Crippen LogP contribution < -0.4 is 37.9 Å². The summed E-state index contributed by atoms with van der Waals surface area (Å²) >= 11 is 0. The fourth-order valence-electron chi connectivity index (χ4n) is 14.1. The highest BCUT2D eigenvalue weighted by Crippen LogP contribution is 2.58. The molecule has 4 amide bonds. The largest absolute Gasteiger partial charge is 0.457 e. The number of carbonyl (C=O) groups is 8. The van der Waals surface area contributed by atoms with Gasteiger partial charge in [-0.1, -0.05) is 171 Å². The van der Waals surface area contributed by atoms with E-state index in [2.05, 4.69) is 96.2 Å². The van der Waals surface area contributed by atoms with E-state index in [-0.39, 0.29) is 146 Å². The lowest BCUT2D eigenvalue weighted by Gasteiger charge is -2.35. The molecule has 2 unspecified atom stereocenters. The lowest BCUT2D eigenvalue weighted by atomic mass is 9.80. The summed E-state index contributed by atoms with van der Waals surface area (Å²) in [5.41, 5.74) is 2.54. The first-order chi connectivity index (χ1) is 52.2. The Morgan fingerprint density at radius 2 is 0.527 bits per heavy atom. The molecule has 0 saturated carbocycles. The van der Waals surface area contributed by atoms with Crippen molar-refractivity contribution in [2.24, 2.45) is 0 Å². The van der Waals surface area contributed by atoms with E-state index < -0.39 is 59.6 Å². The third kappa shape index (κ3) is 14.6. The molecule has 0 spiro atoms. The summed E-state index contributed by atoms with van der Waals surface area (Å²) in [6, 6.07) is 44.6. The van der Waals surface area contributed by atoms with E-state index in [1.807, 2.05) is 111 Å². The van der Waals surface area contributed by atoms with Gasteiger partial charge in [0.25, 0.3) is 23.6 Å². The second-order valence-electron chi connectivity index (χ2n) is 31.8. The maximum atomic E-state index is 16.4. The molecule has 2 aliphatic rings. The normalized spacial score (nSPS) is 13.7. The Morgan fingerprint density at radius 1 is 0.318 bits per heavy atom. The zero-order chi connectivity index (χ0) is 78.8. The molecule has 2 aliphatic heterocycles. The summed E-state index contributed by atoms with van der Waals surface area (Å²) in [5.74, 6) is -4.96. The van der Waals surface area contributed by atoms with E-state index in [9.17, 15) is 9.59 Å². The minimum Gasteiger partial charge on any atom is -0.457 e. The van der Waals surface area contributed by atoms with Gasteiger partial charge in [0.15, 0.2) is 0 Å². The van der Waals surface area contributed by atoms with E-state index in [0.29, 0.717) is 35.8 Å². The van der Waals surface area contributed by atoms with Crippen LogP contribution >= 0.6 is 0 Å². The molecule has 11 aromatic rings. The zero-order valence-corrected chi connectivity index (χ0v) is 64.1. The van der Waals surface area contributed by atoms with Crippen molar-refractivity contribution in [1.82, 2.24) is 9.80 Å². The van der Waals surface area contributed by atoms with Gasteiger partial charge >= 0.3 is 23.9 Å². The second kappa shape index (κ2) is 29.3. The van der Waals surface area contributed by atoms with Crippen molar-refractivity contribution in [3.8, 4) is 69.0 Å². The van der Waals surface area contributed by atoms with Crippen LogP contribution in [0.25, 0.3) is 43.1 Å². The Bertz CT molecular complexity index is 4960. The van der Waals surface area contributed by atoms with E-state index in [4.69, 9.17) is 37.9 Å². The number of carbonyl (C=O) groups excluding carboxylic acids is 8. The molecule has 2 atom stereocenters. The van der Waals surface area contributed by atoms with Gasteiger partial charge in [-0.25, -0.2) is 19.2 Å². The fourth-order valence-corrected chi connectivity index (χ4v) is 14.1. The Labute approximate surface area is 638 Å². The van der Waals surface area contributed by atoms with Gasteiger partial charge in [-0.2, -0.15) is 0 Å². The van der Waals surface area contributed by atoms with Crippen LogP contribution in [0.2, 0.25) is 0 Å². The standard InChI is InChI=1S/C92H86N2O16/c1-17-21-67(87(101)109-61-43-39-59(40-44-61)107-73(95)19-3)93-83(97)63-47-69(103-55-31-23-51(24-32-55)89(5,6)7)77-79-71(105-57-35-27-53(28-36-57)91(11,12)13)49-65-76-66(86(100)94(85(65)99)68(22-18-2)88(102)110-62-45-41-60(42-46-62)108-74(96)20-4)50-72(106-58-37-29-54(30-38-58)92(14,15)16)80(82(76)79)78-70(48-64(84(93)98)75(63)81(77)78)104-56-33-25-52(26-34-56)90(8,9)10/h19-20,23-50,67-68H,3-4,17-18,21-22H2,1-2,5-16H3. The average molecular weight is 1480 g/mol. The molecule has 11 aromatic carbocycles. The number of ether oxygens (including phenoxy) is 8. The minimum atomic E-state index is -1.53. The van der Waals surface area contributed by atoms with Gasteiger partial charge in [0.2, 0.25) is 0 Å². The molecule has 13 rings (SSSR count). The number of imide groups is 2. The molecule has 18 heteroatoms. The summed E-state index contributed by atoms with van der Waals surface area (Å²) in [7, 11) is 0. The van der Waals surface area contributed by atoms with Crippen molar-refractivity contribution in [3.63, 3.8) is 0 Å². The fraction of sp³-hybridized carbons (Fsp3) is 0.261. The molecule has 0 saturated heterocycles. The molecular formula is C92H86N2O16. The number of fused-ring (bicyclic) bond motifs is 2. The number of esters is 4. The molecular weight excluding hydrogens is 1390 g/mol. The van der Waals surface area contributed by atoms with Gasteiger partial charge in [-0.3, -0.25) is 29.0 Å². The predicted molar refractivity (Wildman–Crippen MR) is 423 cm³/mol. The Hall–Kier alpha value is -12.4. The number of benzene rings is 11. The number of hydrogen-bond donors (Lipinski definition) is 0. The van der Waals surface area contributed by atoms with Crippen molar-refractivity contribution in [2.75, 3.05) is 0 Å². The third-order valence-electron chi connectivity index (χ3n) is 19.9. The molecule has 0 bridgehead atoms. The van der Waals surface area contributed by atoms with Gasteiger partial charge in [0.05, 0.1) is 22.3 Å². The first-order valence-electron chi connectivity index (χ1n) is 36.7. The lowest BCUT2D eigenvalue weighted by molar-refractivity contribution is -0.139. The molecule has 0 radical (unpaired) electrons. The van der Waals surface area contributed by atoms with Gasteiger partial charge < -0.3 is 37.9 Å². The summed E-state index contributed by atoms with van der Waals surface area (Å²) in [4.78, 5) is 122. The number of nitrogens with zero attached hydrogens (tertiary/aromatic N) is 2. The molecule has 2 heterocycles. The van der Waals surface area contributed by atoms with Gasteiger partial charge in [0, 0.05) is 55.2 Å². The van der Waals surface area contributed by atoms with Crippen molar-refractivity contribution in [1.29, 1.82) is 0 Å². The monoisotopic (exact) mass is 1470 g/mol. The van der Waals surface area contributed by atoms with Crippen LogP contribution in [0.4, 0.5) is 0 Å².